The van der Waals surface area contributed by atoms with Gasteiger partial charge < -0.3 is 9.47 Å². The molecule has 3 aromatic rings. The van der Waals surface area contributed by atoms with Crippen molar-refractivity contribution >= 4 is 27.5 Å². The molecular formula is C21H20O3. The zero-order valence-electron chi connectivity index (χ0n) is 13.7. The minimum absolute atomic E-state index is 0.252. The van der Waals surface area contributed by atoms with Crippen LogP contribution in [0, 0.1) is 0 Å². The molecule has 0 bridgehead atoms. The molecule has 0 spiro atoms. The summed E-state index contributed by atoms with van der Waals surface area (Å²) >= 11 is 0. The maximum atomic E-state index is 12.1. The summed E-state index contributed by atoms with van der Waals surface area (Å²) in [6.07, 6.45) is 1.55. The predicted molar refractivity (Wildman–Crippen MR) is 94.8 cm³/mol. The van der Waals surface area contributed by atoms with E-state index in [4.69, 9.17) is 9.47 Å². The molecule has 1 aliphatic rings. The van der Waals surface area contributed by atoms with Gasteiger partial charge >= 0.3 is 5.97 Å². The Morgan fingerprint density at radius 2 is 1.67 bits per heavy atom. The fourth-order valence-electron chi connectivity index (χ4n) is 3.46. The maximum Gasteiger partial charge on any atom is 0.338 e. The molecule has 3 nitrogen and oxygen atoms in total. The first-order chi connectivity index (χ1) is 11.7. The minimum Gasteiger partial charge on any atom is -0.464 e. The fraction of sp³-hybridized carbons (Fsp3) is 0.286. The van der Waals surface area contributed by atoms with Gasteiger partial charge in [0.1, 0.15) is 0 Å². The van der Waals surface area contributed by atoms with E-state index < -0.39 is 5.60 Å². The Hall–Kier alpha value is -2.39. The first kappa shape index (κ1) is 15.2. The Morgan fingerprint density at radius 3 is 2.29 bits per heavy atom. The first-order valence-electron chi connectivity index (χ1n) is 8.38. The van der Waals surface area contributed by atoms with Crippen LogP contribution in [-0.2, 0) is 20.9 Å². The SMILES string of the molecule is CC1(OCc2c3ccccc3cc3ccccc23)CCCOC1=O. The molecule has 24 heavy (non-hydrogen) atoms. The van der Waals surface area contributed by atoms with Gasteiger partial charge in [0.05, 0.1) is 13.2 Å². The van der Waals surface area contributed by atoms with Crippen LogP contribution in [-0.4, -0.2) is 18.2 Å². The number of esters is 1. The van der Waals surface area contributed by atoms with E-state index in [-0.39, 0.29) is 5.97 Å². The molecule has 0 N–H and O–H groups in total. The molecule has 1 aliphatic heterocycles. The lowest BCUT2D eigenvalue weighted by atomic mass is 9.95. The van der Waals surface area contributed by atoms with E-state index in [9.17, 15) is 4.79 Å². The van der Waals surface area contributed by atoms with Gasteiger partial charge in [-0.3, -0.25) is 0 Å². The highest BCUT2D eigenvalue weighted by molar-refractivity contribution is 6.02. The number of carbonyl (C=O) groups is 1. The van der Waals surface area contributed by atoms with Crippen molar-refractivity contribution in [2.75, 3.05) is 6.61 Å². The second-order valence-corrected chi connectivity index (χ2v) is 6.56. The summed E-state index contributed by atoms with van der Waals surface area (Å²) in [5.74, 6) is -0.252. The highest BCUT2D eigenvalue weighted by Gasteiger charge is 2.38. The van der Waals surface area contributed by atoms with Crippen molar-refractivity contribution in [2.24, 2.45) is 0 Å². The van der Waals surface area contributed by atoms with Gasteiger partial charge in [-0.15, -0.1) is 0 Å². The number of hydrogen-bond acceptors (Lipinski definition) is 3. The zero-order valence-corrected chi connectivity index (χ0v) is 13.7. The van der Waals surface area contributed by atoms with Crippen LogP contribution >= 0.6 is 0 Å². The van der Waals surface area contributed by atoms with Crippen LogP contribution in [0.2, 0.25) is 0 Å². The monoisotopic (exact) mass is 320 g/mol. The molecule has 0 aliphatic carbocycles. The average molecular weight is 320 g/mol. The number of rotatable bonds is 3. The minimum atomic E-state index is -0.851. The third-order valence-corrected chi connectivity index (χ3v) is 4.88. The third kappa shape index (κ3) is 2.55. The molecule has 1 saturated heterocycles. The van der Waals surface area contributed by atoms with E-state index in [2.05, 4.69) is 30.3 Å². The Balaban J connectivity index is 1.78. The molecule has 0 aromatic heterocycles. The Bertz CT molecular complexity index is 861. The number of carbonyl (C=O) groups excluding carboxylic acids is 1. The van der Waals surface area contributed by atoms with E-state index >= 15 is 0 Å². The van der Waals surface area contributed by atoms with E-state index in [0.29, 0.717) is 19.6 Å². The maximum absolute atomic E-state index is 12.1. The largest absolute Gasteiger partial charge is 0.464 e. The fourth-order valence-corrected chi connectivity index (χ4v) is 3.46. The lowest BCUT2D eigenvalue weighted by molar-refractivity contribution is -0.181. The molecule has 1 heterocycles. The van der Waals surface area contributed by atoms with Gasteiger partial charge in [0.15, 0.2) is 5.60 Å². The third-order valence-electron chi connectivity index (χ3n) is 4.88. The molecule has 0 amide bonds. The summed E-state index contributed by atoms with van der Waals surface area (Å²) in [6, 6.07) is 18.8. The van der Waals surface area contributed by atoms with Gasteiger partial charge in [-0.1, -0.05) is 48.5 Å². The molecule has 4 rings (SSSR count). The highest BCUT2D eigenvalue weighted by atomic mass is 16.6. The van der Waals surface area contributed by atoms with Crippen LogP contribution in [0.4, 0.5) is 0 Å². The van der Waals surface area contributed by atoms with Crippen molar-refractivity contribution in [2.45, 2.75) is 32.0 Å². The van der Waals surface area contributed by atoms with Crippen molar-refractivity contribution in [1.82, 2.24) is 0 Å². The average Bonchev–Trinajstić information content (AvgIpc) is 2.61. The van der Waals surface area contributed by atoms with Gasteiger partial charge in [-0.05, 0) is 52.9 Å². The van der Waals surface area contributed by atoms with E-state index in [1.54, 1.807) is 0 Å². The quantitative estimate of drug-likeness (QED) is 0.522. The highest BCUT2D eigenvalue weighted by Crippen LogP contribution is 2.32. The Labute approximate surface area is 141 Å². The summed E-state index contributed by atoms with van der Waals surface area (Å²) in [5, 5.41) is 4.71. The second kappa shape index (κ2) is 5.91. The smallest absolute Gasteiger partial charge is 0.338 e. The van der Waals surface area contributed by atoms with E-state index in [0.717, 1.165) is 12.0 Å². The van der Waals surface area contributed by atoms with E-state index in [1.165, 1.54) is 21.5 Å². The van der Waals surface area contributed by atoms with Crippen molar-refractivity contribution in [3.8, 4) is 0 Å². The lowest BCUT2D eigenvalue weighted by Crippen LogP contribution is -2.43. The second-order valence-electron chi connectivity index (χ2n) is 6.56. The number of hydrogen-bond donors (Lipinski definition) is 0. The summed E-state index contributed by atoms with van der Waals surface area (Å²) in [4.78, 5) is 12.1. The van der Waals surface area contributed by atoms with Crippen LogP contribution in [0.1, 0.15) is 25.3 Å². The molecule has 1 unspecified atom stereocenters. The molecule has 3 aromatic carbocycles. The molecule has 3 heteroatoms. The molecule has 122 valence electrons. The first-order valence-corrected chi connectivity index (χ1v) is 8.38. The zero-order chi connectivity index (χ0) is 16.6. The molecule has 0 radical (unpaired) electrons. The van der Waals surface area contributed by atoms with Crippen molar-refractivity contribution in [3.05, 3.63) is 60.2 Å². The molecule has 1 fully saturated rings. The number of cyclic esters (lactones) is 1. The summed E-state index contributed by atoms with van der Waals surface area (Å²) in [6.45, 7) is 2.73. The predicted octanol–water partition coefficient (Wildman–Crippen LogP) is 4.61. The van der Waals surface area contributed by atoms with Crippen molar-refractivity contribution in [3.63, 3.8) is 0 Å². The Kier molecular flexibility index (Phi) is 3.73. The summed E-state index contributed by atoms with van der Waals surface area (Å²) < 4.78 is 11.3. The number of ether oxygens (including phenoxy) is 2. The standard InChI is InChI=1S/C21H20O3/c1-21(11-6-12-23-20(21)22)24-14-19-17-9-4-2-7-15(17)13-16-8-3-5-10-18(16)19/h2-5,7-10,13H,6,11-12,14H2,1H3. The molecular weight excluding hydrogens is 300 g/mol. The van der Waals surface area contributed by atoms with Gasteiger partial charge in [-0.25, -0.2) is 4.79 Å². The molecule has 1 atom stereocenters. The van der Waals surface area contributed by atoms with Crippen LogP contribution in [0.5, 0.6) is 0 Å². The Morgan fingerprint density at radius 1 is 1.04 bits per heavy atom. The van der Waals surface area contributed by atoms with Crippen molar-refractivity contribution in [1.29, 1.82) is 0 Å². The van der Waals surface area contributed by atoms with Crippen molar-refractivity contribution < 1.29 is 14.3 Å². The van der Waals surface area contributed by atoms with E-state index in [1.807, 2.05) is 31.2 Å². The molecule has 0 saturated carbocycles. The summed E-state index contributed by atoms with van der Waals surface area (Å²) in [5.41, 5.74) is 0.277. The van der Waals surface area contributed by atoms with Crippen LogP contribution in [0.3, 0.4) is 0 Å². The number of benzene rings is 3. The van der Waals surface area contributed by atoms with Gasteiger partial charge in [0.25, 0.3) is 0 Å². The normalized spacial score (nSPS) is 21.1. The summed E-state index contributed by atoms with van der Waals surface area (Å²) in [7, 11) is 0. The van der Waals surface area contributed by atoms with Gasteiger partial charge in [0.2, 0.25) is 0 Å². The van der Waals surface area contributed by atoms with Crippen LogP contribution in [0.25, 0.3) is 21.5 Å². The topological polar surface area (TPSA) is 35.5 Å². The number of fused-ring (bicyclic) bond motifs is 2. The van der Waals surface area contributed by atoms with Crippen LogP contribution < -0.4 is 0 Å². The van der Waals surface area contributed by atoms with Gasteiger partial charge in [-0.2, -0.15) is 0 Å². The lowest BCUT2D eigenvalue weighted by Gasteiger charge is -2.31. The van der Waals surface area contributed by atoms with Crippen LogP contribution in [0.15, 0.2) is 54.6 Å². The van der Waals surface area contributed by atoms with Gasteiger partial charge in [0, 0.05) is 0 Å².